The molecule has 1 atom stereocenters. The number of anilines is 2. The Balaban J connectivity index is 1.29. The van der Waals surface area contributed by atoms with Crippen LogP contribution in [0.3, 0.4) is 0 Å². The first-order chi connectivity index (χ1) is 14.7. The van der Waals surface area contributed by atoms with Gasteiger partial charge in [0.2, 0.25) is 11.8 Å². The number of fused-ring (bicyclic) bond motifs is 1. The van der Waals surface area contributed by atoms with Crippen LogP contribution in [0.15, 0.2) is 48.8 Å². The maximum absolute atomic E-state index is 12.8. The van der Waals surface area contributed by atoms with Gasteiger partial charge in [0.1, 0.15) is 19.5 Å². The molecule has 0 spiro atoms. The smallest absolute Gasteiger partial charge is 0.229 e. The van der Waals surface area contributed by atoms with Gasteiger partial charge in [-0.25, -0.2) is 4.68 Å². The summed E-state index contributed by atoms with van der Waals surface area (Å²) in [6.07, 6.45) is 1.62. The van der Waals surface area contributed by atoms with E-state index in [9.17, 15) is 9.59 Å². The van der Waals surface area contributed by atoms with Crippen molar-refractivity contribution in [2.75, 3.05) is 30.0 Å². The fraction of sp³-hybridized carbons (Fsp3) is 0.250. The normalized spacial score (nSPS) is 17.8. The van der Waals surface area contributed by atoms with Crippen LogP contribution in [-0.2, 0) is 9.59 Å². The maximum atomic E-state index is 12.8. The molecule has 2 aliphatic rings. The molecule has 30 heavy (non-hydrogen) atoms. The van der Waals surface area contributed by atoms with E-state index in [1.54, 1.807) is 41.3 Å². The van der Waals surface area contributed by atoms with Crippen molar-refractivity contribution in [1.82, 2.24) is 20.2 Å². The Kier molecular flexibility index (Phi) is 4.51. The molecule has 3 aromatic rings. The summed E-state index contributed by atoms with van der Waals surface area (Å²) in [7, 11) is 0. The van der Waals surface area contributed by atoms with Gasteiger partial charge in [-0.2, -0.15) is 0 Å². The quantitative estimate of drug-likeness (QED) is 0.697. The van der Waals surface area contributed by atoms with E-state index in [0.29, 0.717) is 42.6 Å². The van der Waals surface area contributed by atoms with Gasteiger partial charge < -0.3 is 19.7 Å². The summed E-state index contributed by atoms with van der Waals surface area (Å²) < 4.78 is 12.6. The summed E-state index contributed by atoms with van der Waals surface area (Å²) in [6, 6.07) is 12.5. The standard InChI is InChI=1S/C20H18N6O4/c27-19-8-13(11-25(19)15-4-5-17-18(10-15)30-7-6-29-17)20(28)22-14-2-1-3-16(9-14)26-12-21-23-24-26/h1-5,9-10,12-13H,6-8,11H2,(H,22,28)/t13-/m0/s1. The minimum absolute atomic E-state index is 0.103. The number of amides is 2. The fourth-order valence-electron chi connectivity index (χ4n) is 3.58. The molecule has 152 valence electrons. The lowest BCUT2D eigenvalue weighted by Gasteiger charge is -2.22. The third-order valence-electron chi connectivity index (χ3n) is 5.06. The molecule has 10 heteroatoms. The van der Waals surface area contributed by atoms with E-state index in [1.165, 1.54) is 11.0 Å². The summed E-state index contributed by atoms with van der Waals surface area (Å²) >= 11 is 0. The van der Waals surface area contributed by atoms with Crippen LogP contribution in [0, 0.1) is 5.92 Å². The van der Waals surface area contributed by atoms with Gasteiger partial charge in [0.15, 0.2) is 11.5 Å². The maximum Gasteiger partial charge on any atom is 0.229 e. The van der Waals surface area contributed by atoms with Crippen LogP contribution in [0.1, 0.15) is 6.42 Å². The van der Waals surface area contributed by atoms with Gasteiger partial charge in [0.25, 0.3) is 0 Å². The summed E-state index contributed by atoms with van der Waals surface area (Å²) in [5.41, 5.74) is 2.02. The van der Waals surface area contributed by atoms with Gasteiger partial charge in [-0.1, -0.05) is 6.07 Å². The highest BCUT2D eigenvalue weighted by Gasteiger charge is 2.35. The highest BCUT2D eigenvalue weighted by Crippen LogP contribution is 2.36. The lowest BCUT2D eigenvalue weighted by atomic mass is 10.1. The topological polar surface area (TPSA) is 111 Å². The molecule has 0 bridgehead atoms. The van der Waals surface area contributed by atoms with Crippen molar-refractivity contribution < 1.29 is 19.1 Å². The monoisotopic (exact) mass is 406 g/mol. The molecule has 1 aromatic heterocycles. The zero-order valence-electron chi connectivity index (χ0n) is 15.9. The van der Waals surface area contributed by atoms with Crippen molar-refractivity contribution in [3.05, 3.63) is 48.8 Å². The number of ether oxygens (including phenoxy) is 2. The van der Waals surface area contributed by atoms with Gasteiger partial charge in [-0.05, 0) is 40.8 Å². The molecule has 2 amide bonds. The van der Waals surface area contributed by atoms with Crippen molar-refractivity contribution in [3.63, 3.8) is 0 Å². The Morgan fingerprint density at radius 3 is 2.77 bits per heavy atom. The second-order valence-electron chi connectivity index (χ2n) is 7.03. The first kappa shape index (κ1) is 18.1. The van der Waals surface area contributed by atoms with Crippen molar-refractivity contribution in [3.8, 4) is 17.2 Å². The summed E-state index contributed by atoms with van der Waals surface area (Å²) in [5.74, 6) is 0.501. The predicted molar refractivity (Wildman–Crippen MR) is 106 cm³/mol. The number of benzene rings is 2. The average molecular weight is 406 g/mol. The molecule has 2 aliphatic heterocycles. The van der Waals surface area contributed by atoms with E-state index in [1.807, 2.05) is 6.07 Å². The van der Waals surface area contributed by atoms with Gasteiger partial charge in [-0.3, -0.25) is 9.59 Å². The molecule has 10 nitrogen and oxygen atoms in total. The van der Waals surface area contributed by atoms with Crippen molar-refractivity contribution in [2.45, 2.75) is 6.42 Å². The number of hydrogen-bond donors (Lipinski definition) is 1. The van der Waals surface area contributed by atoms with Crippen LogP contribution in [0.2, 0.25) is 0 Å². The summed E-state index contributed by atoms with van der Waals surface area (Å²) in [5, 5.41) is 13.9. The van der Waals surface area contributed by atoms with E-state index < -0.39 is 5.92 Å². The Hall–Kier alpha value is -3.95. The predicted octanol–water partition coefficient (Wildman–Crippen LogP) is 1.43. The second kappa shape index (κ2) is 7.47. The Morgan fingerprint density at radius 1 is 1.07 bits per heavy atom. The number of hydrogen-bond acceptors (Lipinski definition) is 7. The molecule has 3 heterocycles. The Labute approximate surface area is 171 Å². The molecule has 1 saturated heterocycles. The minimum Gasteiger partial charge on any atom is -0.486 e. The molecule has 1 N–H and O–H groups in total. The zero-order chi connectivity index (χ0) is 20.5. The van der Waals surface area contributed by atoms with Crippen LogP contribution in [0.5, 0.6) is 11.5 Å². The highest BCUT2D eigenvalue weighted by atomic mass is 16.6. The molecular weight excluding hydrogens is 388 g/mol. The zero-order valence-corrected chi connectivity index (χ0v) is 15.9. The molecule has 0 aliphatic carbocycles. The first-order valence-electron chi connectivity index (χ1n) is 9.52. The fourth-order valence-corrected chi connectivity index (χ4v) is 3.58. The number of carbonyl (C=O) groups excluding carboxylic acids is 2. The number of rotatable bonds is 4. The molecule has 0 saturated carbocycles. The number of nitrogens with zero attached hydrogens (tertiary/aromatic N) is 5. The van der Waals surface area contributed by atoms with Crippen LogP contribution < -0.4 is 19.7 Å². The van der Waals surface area contributed by atoms with E-state index in [-0.39, 0.29) is 18.2 Å². The van der Waals surface area contributed by atoms with Crippen LogP contribution in [0.25, 0.3) is 5.69 Å². The van der Waals surface area contributed by atoms with E-state index in [4.69, 9.17) is 9.47 Å². The van der Waals surface area contributed by atoms with Gasteiger partial charge >= 0.3 is 0 Å². The molecular formula is C20H18N6O4. The van der Waals surface area contributed by atoms with Crippen LogP contribution >= 0.6 is 0 Å². The summed E-state index contributed by atoms with van der Waals surface area (Å²) in [4.78, 5) is 27.0. The first-order valence-corrected chi connectivity index (χ1v) is 9.52. The largest absolute Gasteiger partial charge is 0.486 e. The molecule has 5 rings (SSSR count). The SMILES string of the molecule is O=C(Nc1cccc(-n2cnnn2)c1)[C@H]1CC(=O)N(c2ccc3c(c2)OCCO3)C1. The van der Waals surface area contributed by atoms with Crippen molar-refractivity contribution >= 4 is 23.2 Å². The van der Waals surface area contributed by atoms with Crippen molar-refractivity contribution in [1.29, 1.82) is 0 Å². The third kappa shape index (κ3) is 3.43. The molecule has 0 radical (unpaired) electrons. The molecule has 2 aromatic carbocycles. The minimum atomic E-state index is -0.456. The van der Waals surface area contributed by atoms with Crippen LogP contribution in [-0.4, -0.2) is 51.8 Å². The Bertz CT molecular complexity index is 1100. The van der Waals surface area contributed by atoms with E-state index in [0.717, 1.165) is 5.69 Å². The van der Waals surface area contributed by atoms with Crippen molar-refractivity contribution in [2.24, 2.45) is 5.92 Å². The lowest BCUT2D eigenvalue weighted by molar-refractivity contribution is -0.122. The number of carbonyl (C=O) groups is 2. The van der Waals surface area contributed by atoms with Gasteiger partial charge in [-0.15, -0.1) is 5.10 Å². The van der Waals surface area contributed by atoms with Gasteiger partial charge in [0, 0.05) is 30.4 Å². The third-order valence-corrected chi connectivity index (χ3v) is 5.06. The summed E-state index contributed by atoms with van der Waals surface area (Å²) in [6.45, 7) is 1.28. The highest BCUT2D eigenvalue weighted by molar-refractivity contribution is 6.03. The number of aromatic nitrogens is 4. The number of tetrazole rings is 1. The lowest BCUT2D eigenvalue weighted by Crippen LogP contribution is -2.28. The molecule has 1 fully saturated rings. The number of nitrogens with one attached hydrogen (secondary N) is 1. The van der Waals surface area contributed by atoms with Crippen LogP contribution in [0.4, 0.5) is 11.4 Å². The molecule has 0 unspecified atom stereocenters. The Morgan fingerprint density at radius 2 is 1.93 bits per heavy atom. The average Bonchev–Trinajstić information content (AvgIpc) is 3.44. The van der Waals surface area contributed by atoms with E-state index >= 15 is 0 Å². The van der Waals surface area contributed by atoms with Gasteiger partial charge in [0.05, 0.1) is 11.6 Å². The second-order valence-corrected chi connectivity index (χ2v) is 7.03. The van der Waals surface area contributed by atoms with E-state index in [2.05, 4.69) is 20.8 Å².